The van der Waals surface area contributed by atoms with Crippen LogP contribution in [-0.2, 0) is 0 Å². The molecule has 110 valence electrons. The molecule has 0 unspecified atom stereocenters. The second-order valence-corrected chi connectivity index (χ2v) is 5.84. The van der Waals surface area contributed by atoms with Crippen molar-refractivity contribution in [2.45, 2.75) is 34.1 Å². The highest BCUT2D eigenvalue weighted by atomic mass is 16.6. The van der Waals surface area contributed by atoms with E-state index in [2.05, 4.69) is 20.8 Å². The Kier molecular flexibility index (Phi) is 4.70. The van der Waals surface area contributed by atoms with Crippen molar-refractivity contribution in [3.63, 3.8) is 0 Å². The van der Waals surface area contributed by atoms with Gasteiger partial charge in [0.2, 0.25) is 0 Å². The summed E-state index contributed by atoms with van der Waals surface area (Å²) in [5.41, 5.74) is 0.0298. The third-order valence-electron chi connectivity index (χ3n) is 2.89. The first-order valence-corrected chi connectivity index (χ1v) is 6.27. The summed E-state index contributed by atoms with van der Waals surface area (Å²) in [4.78, 5) is 21.3. The van der Waals surface area contributed by atoms with E-state index >= 15 is 0 Å². The molecule has 0 radical (unpaired) electrons. The molecular weight excluding hydrogens is 262 g/mol. The standard InChI is InChI=1S/C14H19NO5/c1-9-11(15(18)19)7-10(13(16)17)8-12(9)20-6-5-14(2,3)4/h7-8H,5-6H2,1-4H3,(H,16,17). The van der Waals surface area contributed by atoms with E-state index in [-0.39, 0.29) is 22.4 Å². The largest absolute Gasteiger partial charge is 0.493 e. The highest BCUT2D eigenvalue weighted by Gasteiger charge is 2.20. The van der Waals surface area contributed by atoms with Gasteiger partial charge < -0.3 is 9.84 Å². The van der Waals surface area contributed by atoms with Gasteiger partial charge in [-0.3, -0.25) is 10.1 Å². The van der Waals surface area contributed by atoms with Crippen LogP contribution in [0.1, 0.15) is 43.1 Å². The van der Waals surface area contributed by atoms with E-state index in [0.29, 0.717) is 12.2 Å². The number of carbonyl (C=O) groups is 1. The fourth-order valence-electron chi connectivity index (χ4n) is 1.60. The van der Waals surface area contributed by atoms with Crippen LogP contribution >= 0.6 is 0 Å². The lowest BCUT2D eigenvalue weighted by molar-refractivity contribution is -0.385. The molecule has 0 atom stereocenters. The number of carboxylic acid groups (broad SMARTS) is 1. The van der Waals surface area contributed by atoms with Crippen LogP contribution in [0.3, 0.4) is 0 Å². The van der Waals surface area contributed by atoms with E-state index in [9.17, 15) is 14.9 Å². The van der Waals surface area contributed by atoms with Crippen LogP contribution in [0.4, 0.5) is 5.69 Å². The highest BCUT2D eigenvalue weighted by molar-refractivity contribution is 5.89. The fourth-order valence-corrected chi connectivity index (χ4v) is 1.60. The van der Waals surface area contributed by atoms with Gasteiger partial charge in [0.25, 0.3) is 5.69 Å². The molecule has 6 nitrogen and oxygen atoms in total. The van der Waals surface area contributed by atoms with E-state index < -0.39 is 10.9 Å². The minimum Gasteiger partial charge on any atom is -0.493 e. The smallest absolute Gasteiger partial charge is 0.336 e. The van der Waals surface area contributed by atoms with Crippen LogP contribution in [0.25, 0.3) is 0 Å². The van der Waals surface area contributed by atoms with Crippen LogP contribution < -0.4 is 4.74 Å². The number of ether oxygens (including phenoxy) is 1. The van der Waals surface area contributed by atoms with Gasteiger partial charge >= 0.3 is 5.97 Å². The van der Waals surface area contributed by atoms with Crippen molar-refractivity contribution in [2.75, 3.05) is 6.61 Å². The molecule has 0 aliphatic rings. The zero-order valence-electron chi connectivity index (χ0n) is 12.1. The molecule has 0 aliphatic heterocycles. The van der Waals surface area contributed by atoms with Gasteiger partial charge in [-0.25, -0.2) is 4.79 Å². The number of rotatable bonds is 5. The van der Waals surface area contributed by atoms with Crippen LogP contribution in [0.2, 0.25) is 0 Å². The number of carboxylic acids is 1. The first kappa shape index (κ1) is 15.9. The zero-order chi connectivity index (χ0) is 15.5. The van der Waals surface area contributed by atoms with E-state index in [1.165, 1.54) is 6.07 Å². The molecule has 0 aromatic heterocycles. The lowest BCUT2D eigenvalue weighted by Crippen LogP contribution is -2.12. The first-order valence-electron chi connectivity index (χ1n) is 6.27. The van der Waals surface area contributed by atoms with Gasteiger partial charge in [0.1, 0.15) is 5.75 Å². The van der Waals surface area contributed by atoms with Crippen molar-refractivity contribution in [2.24, 2.45) is 5.41 Å². The number of hydrogen-bond acceptors (Lipinski definition) is 4. The zero-order valence-corrected chi connectivity index (χ0v) is 12.1. The Labute approximate surface area is 117 Å². The summed E-state index contributed by atoms with van der Waals surface area (Å²) in [5, 5.41) is 19.9. The van der Waals surface area contributed by atoms with E-state index in [1.54, 1.807) is 6.92 Å². The van der Waals surface area contributed by atoms with Gasteiger partial charge in [-0.1, -0.05) is 20.8 Å². The molecule has 0 bridgehead atoms. The average molecular weight is 281 g/mol. The van der Waals surface area contributed by atoms with Crippen molar-refractivity contribution >= 4 is 11.7 Å². The van der Waals surface area contributed by atoms with Crippen molar-refractivity contribution < 1.29 is 19.6 Å². The maximum atomic E-state index is 11.0. The highest BCUT2D eigenvalue weighted by Crippen LogP contribution is 2.30. The molecule has 0 saturated heterocycles. The van der Waals surface area contributed by atoms with Crippen molar-refractivity contribution in [1.82, 2.24) is 0 Å². The Morgan fingerprint density at radius 3 is 2.45 bits per heavy atom. The summed E-state index contributed by atoms with van der Waals surface area (Å²) in [7, 11) is 0. The maximum Gasteiger partial charge on any atom is 0.336 e. The summed E-state index contributed by atoms with van der Waals surface area (Å²) in [6, 6.07) is 2.38. The second kappa shape index (κ2) is 5.90. The molecule has 1 aromatic rings. The molecule has 0 aliphatic carbocycles. The third kappa shape index (κ3) is 4.22. The SMILES string of the molecule is Cc1c(OCCC(C)(C)C)cc(C(=O)O)cc1[N+](=O)[O-]. The molecule has 0 amide bonds. The van der Waals surface area contributed by atoms with Gasteiger partial charge in [0.05, 0.1) is 22.7 Å². The molecule has 1 aromatic carbocycles. The Balaban J connectivity index is 3.05. The third-order valence-corrected chi connectivity index (χ3v) is 2.89. The maximum absolute atomic E-state index is 11.0. The van der Waals surface area contributed by atoms with Gasteiger partial charge in [-0.2, -0.15) is 0 Å². The minimum atomic E-state index is -1.21. The molecule has 6 heteroatoms. The molecule has 0 saturated carbocycles. The average Bonchev–Trinajstić information content (AvgIpc) is 2.28. The Bertz CT molecular complexity index is 531. The number of nitro groups is 1. The molecular formula is C14H19NO5. The quantitative estimate of drug-likeness (QED) is 0.659. The summed E-state index contributed by atoms with van der Waals surface area (Å²) < 4.78 is 5.53. The van der Waals surface area contributed by atoms with Crippen LogP contribution in [0.15, 0.2) is 12.1 Å². The normalized spacial score (nSPS) is 11.2. The van der Waals surface area contributed by atoms with E-state index in [1.807, 2.05) is 0 Å². The topological polar surface area (TPSA) is 89.7 Å². The number of aromatic carboxylic acids is 1. The number of hydrogen-bond donors (Lipinski definition) is 1. The Morgan fingerprint density at radius 2 is 2.00 bits per heavy atom. The predicted octanol–water partition coefficient (Wildman–Crippen LogP) is 3.42. The second-order valence-electron chi connectivity index (χ2n) is 5.84. The number of nitrogens with zero attached hydrogens (tertiary/aromatic N) is 1. The molecule has 0 heterocycles. The molecule has 20 heavy (non-hydrogen) atoms. The summed E-state index contributed by atoms with van der Waals surface area (Å²) in [6.45, 7) is 8.10. The number of benzene rings is 1. The minimum absolute atomic E-state index is 0.0737. The first-order chi connectivity index (χ1) is 9.11. The molecule has 1 rings (SSSR count). The van der Waals surface area contributed by atoms with Gasteiger partial charge in [-0.15, -0.1) is 0 Å². The van der Waals surface area contributed by atoms with Crippen LogP contribution in [-0.4, -0.2) is 22.6 Å². The molecule has 0 fully saturated rings. The van der Waals surface area contributed by atoms with E-state index in [0.717, 1.165) is 12.5 Å². The van der Waals surface area contributed by atoms with Crippen LogP contribution in [0.5, 0.6) is 5.75 Å². The predicted molar refractivity (Wildman–Crippen MR) is 74.4 cm³/mol. The summed E-state index contributed by atoms with van der Waals surface area (Å²) >= 11 is 0. The summed E-state index contributed by atoms with van der Waals surface area (Å²) in [6.07, 6.45) is 0.761. The lowest BCUT2D eigenvalue weighted by atomic mass is 9.93. The monoisotopic (exact) mass is 281 g/mol. The Hall–Kier alpha value is -2.11. The fraction of sp³-hybridized carbons (Fsp3) is 0.500. The van der Waals surface area contributed by atoms with Crippen LogP contribution in [0, 0.1) is 22.5 Å². The van der Waals surface area contributed by atoms with Gasteiger partial charge in [0.15, 0.2) is 0 Å². The lowest BCUT2D eigenvalue weighted by Gasteiger charge is -2.18. The molecule has 0 spiro atoms. The van der Waals surface area contributed by atoms with Crippen molar-refractivity contribution in [1.29, 1.82) is 0 Å². The van der Waals surface area contributed by atoms with Gasteiger partial charge in [0, 0.05) is 6.07 Å². The van der Waals surface area contributed by atoms with Crippen molar-refractivity contribution in [3.8, 4) is 5.75 Å². The summed E-state index contributed by atoms with van der Waals surface area (Å²) in [5.74, 6) is -0.963. The van der Waals surface area contributed by atoms with Gasteiger partial charge in [-0.05, 0) is 24.8 Å². The van der Waals surface area contributed by atoms with Crippen molar-refractivity contribution in [3.05, 3.63) is 33.4 Å². The number of nitro benzene ring substituents is 1. The molecule has 1 N–H and O–H groups in total. The Morgan fingerprint density at radius 1 is 1.40 bits per heavy atom. The van der Waals surface area contributed by atoms with E-state index in [4.69, 9.17) is 9.84 Å².